The SMILES string of the molecule is CCCCCCCCCCCCCCCCCCOC(=O)C1CCCCC1C(=O)OCCCCCCCC(C)C. The molecule has 1 aliphatic carbocycles. The molecule has 0 aromatic rings. The maximum absolute atomic E-state index is 12.8. The summed E-state index contributed by atoms with van der Waals surface area (Å²) in [7, 11) is 0. The predicted octanol–water partition coefficient (Wildman–Crippen LogP) is 11.1. The highest BCUT2D eigenvalue weighted by atomic mass is 16.5. The monoisotopic (exact) mass is 565 g/mol. The summed E-state index contributed by atoms with van der Waals surface area (Å²) in [5, 5.41) is 0. The van der Waals surface area contributed by atoms with Crippen LogP contribution in [0.15, 0.2) is 0 Å². The van der Waals surface area contributed by atoms with Gasteiger partial charge in [-0.2, -0.15) is 0 Å². The van der Waals surface area contributed by atoms with E-state index in [0.717, 1.165) is 57.3 Å². The van der Waals surface area contributed by atoms with Gasteiger partial charge in [0.25, 0.3) is 0 Å². The normalized spacial score (nSPS) is 17.3. The second kappa shape index (κ2) is 26.8. The molecule has 0 amide bonds. The number of hydrogen-bond donors (Lipinski definition) is 0. The molecule has 2 unspecified atom stereocenters. The first kappa shape index (κ1) is 37.0. The lowest BCUT2D eigenvalue weighted by Gasteiger charge is -2.28. The first-order chi connectivity index (χ1) is 19.6. The summed E-state index contributed by atoms with van der Waals surface area (Å²) in [6.07, 6.45) is 32.0. The van der Waals surface area contributed by atoms with Crippen LogP contribution in [0.25, 0.3) is 0 Å². The van der Waals surface area contributed by atoms with Crippen LogP contribution in [0.2, 0.25) is 0 Å². The number of ether oxygens (including phenoxy) is 2. The van der Waals surface area contributed by atoms with Crippen molar-refractivity contribution in [2.45, 2.75) is 188 Å². The summed E-state index contributed by atoms with van der Waals surface area (Å²) in [5.41, 5.74) is 0. The number of esters is 2. The third-order valence-electron chi connectivity index (χ3n) is 8.78. The van der Waals surface area contributed by atoms with E-state index in [9.17, 15) is 9.59 Å². The van der Waals surface area contributed by atoms with Crippen molar-refractivity contribution in [1.29, 1.82) is 0 Å². The van der Waals surface area contributed by atoms with E-state index in [-0.39, 0.29) is 23.8 Å². The summed E-state index contributed by atoms with van der Waals surface area (Å²) in [5.74, 6) is -0.182. The first-order valence-electron chi connectivity index (χ1n) is 17.9. The van der Waals surface area contributed by atoms with Crippen molar-refractivity contribution in [2.24, 2.45) is 17.8 Å². The molecular weight excluding hydrogens is 496 g/mol. The quantitative estimate of drug-likeness (QED) is 0.0735. The molecular formula is C36H68O4. The Bertz CT molecular complexity index is 587. The van der Waals surface area contributed by atoms with Gasteiger partial charge in [0.15, 0.2) is 0 Å². The molecule has 4 nitrogen and oxygen atoms in total. The van der Waals surface area contributed by atoms with Gasteiger partial charge in [0, 0.05) is 0 Å². The zero-order valence-corrected chi connectivity index (χ0v) is 27.2. The molecule has 1 saturated carbocycles. The number of rotatable bonds is 27. The summed E-state index contributed by atoms with van der Waals surface area (Å²) in [6, 6.07) is 0. The topological polar surface area (TPSA) is 52.6 Å². The Morgan fingerprint density at radius 2 is 0.850 bits per heavy atom. The highest BCUT2D eigenvalue weighted by Crippen LogP contribution is 2.32. The minimum atomic E-state index is -0.307. The van der Waals surface area contributed by atoms with E-state index >= 15 is 0 Å². The molecule has 1 aliphatic rings. The molecule has 0 saturated heterocycles. The molecule has 236 valence electrons. The lowest BCUT2D eigenvalue weighted by atomic mass is 9.79. The van der Waals surface area contributed by atoms with E-state index in [4.69, 9.17) is 9.47 Å². The maximum atomic E-state index is 12.8. The second-order valence-corrected chi connectivity index (χ2v) is 13.1. The Morgan fingerprint density at radius 1 is 0.525 bits per heavy atom. The van der Waals surface area contributed by atoms with Gasteiger partial charge in [-0.15, -0.1) is 0 Å². The average molecular weight is 565 g/mol. The molecule has 0 N–H and O–H groups in total. The zero-order chi connectivity index (χ0) is 29.1. The first-order valence-corrected chi connectivity index (χ1v) is 17.9. The van der Waals surface area contributed by atoms with Crippen LogP contribution in [0, 0.1) is 17.8 Å². The van der Waals surface area contributed by atoms with Gasteiger partial charge >= 0.3 is 11.9 Å². The largest absolute Gasteiger partial charge is 0.465 e. The van der Waals surface area contributed by atoms with Crippen LogP contribution in [-0.2, 0) is 19.1 Å². The number of carbonyl (C=O) groups excluding carboxylic acids is 2. The van der Waals surface area contributed by atoms with Crippen molar-refractivity contribution < 1.29 is 19.1 Å². The Balaban J connectivity index is 2.00. The van der Waals surface area contributed by atoms with E-state index in [0.29, 0.717) is 13.2 Å². The Labute approximate surface area is 249 Å². The summed E-state index contributed by atoms with van der Waals surface area (Å²) in [4.78, 5) is 25.5. The molecule has 0 radical (unpaired) electrons. The van der Waals surface area contributed by atoms with E-state index in [1.165, 1.54) is 116 Å². The third kappa shape index (κ3) is 20.8. The molecule has 0 spiro atoms. The fraction of sp³-hybridized carbons (Fsp3) is 0.944. The molecule has 1 rings (SSSR count). The van der Waals surface area contributed by atoms with E-state index in [1.54, 1.807) is 0 Å². The van der Waals surface area contributed by atoms with Crippen molar-refractivity contribution in [3.8, 4) is 0 Å². The molecule has 0 aliphatic heterocycles. The molecule has 0 aromatic heterocycles. The molecule has 40 heavy (non-hydrogen) atoms. The molecule has 0 bridgehead atoms. The van der Waals surface area contributed by atoms with Crippen molar-refractivity contribution in [3.63, 3.8) is 0 Å². The van der Waals surface area contributed by atoms with Crippen LogP contribution in [0.5, 0.6) is 0 Å². The van der Waals surface area contributed by atoms with Gasteiger partial charge < -0.3 is 9.47 Å². The third-order valence-corrected chi connectivity index (χ3v) is 8.78. The zero-order valence-electron chi connectivity index (χ0n) is 27.2. The van der Waals surface area contributed by atoms with Crippen molar-refractivity contribution in [1.82, 2.24) is 0 Å². The van der Waals surface area contributed by atoms with Gasteiger partial charge in [0.05, 0.1) is 25.0 Å². The Hall–Kier alpha value is -1.06. The maximum Gasteiger partial charge on any atom is 0.309 e. The van der Waals surface area contributed by atoms with Crippen LogP contribution in [-0.4, -0.2) is 25.2 Å². The standard InChI is InChI=1S/C36H68O4/c1-4-5-6-7-8-9-10-11-12-13-14-15-16-17-20-25-30-39-35(37)33-28-23-24-29-34(33)36(38)40-31-26-21-18-19-22-27-32(2)3/h32-34H,4-31H2,1-3H3. The lowest BCUT2D eigenvalue weighted by molar-refractivity contribution is -0.163. The summed E-state index contributed by atoms with van der Waals surface area (Å²) in [6.45, 7) is 7.81. The van der Waals surface area contributed by atoms with Crippen LogP contribution in [0.3, 0.4) is 0 Å². The van der Waals surface area contributed by atoms with Gasteiger partial charge in [-0.3, -0.25) is 9.59 Å². The van der Waals surface area contributed by atoms with Gasteiger partial charge in [0.1, 0.15) is 0 Å². The smallest absolute Gasteiger partial charge is 0.309 e. The molecule has 1 fully saturated rings. The number of carbonyl (C=O) groups is 2. The highest BCUT2D eigenvalue weighted by molar-refractivity contribution is 5.82. The van der Waals surface area contributed by atoms with Gasteiger partial charge in [-0.25, -0.2) is 0 Å². The van der Waals surface area contributed by atoms with Crippen LogP contribution >= 0.6 is 0 Å². The summed E-state index contributed by atoms with van der Waals surface area (Å²) >= 11 is 0. The van der Waals surface area contributed by atoms with Crippen molar-refractivity contribution in [2.75, 3.05) is 13.2 Å². The van der Waals surface area contributed by atoms with Gasteiger partial charge in [-0.05, 0) is 31.6 Å². The van der Waals surface area contributed by atoms with Crippen molar-refractivity contribution >= 4 is 11.9 Å². The van der Waals surface area contributed by atoms with E-state index < -0.39 is 0 Å². The lowest BCUT2D eigenvalue weighted by Crippen LogP contribution is -2.35. The van der Waals surface area contributed by atoms with Crippen LogP contribution < -0.4 is 0 Å². The molecule has 4 heteroatoms. The van der Waals surface area contributed by atoms with Crippen LogP contribution in [0.1, 0.15) is 188 Å². The minimum Gasteiger partial charge on any atom is -0.465 e. The Kier molecular flexibility index (Phi) is 24.8. The number of hydrogen-bond acceptors (Lipinski definition) is 4. The Morgan fingerprint density at radius 3 is 1.20 bits per heavy atom. The molecule has 0 heterocycles. The number of unbranched alkanes of at least 4 members (excludes halogenated alkanes) is 19. The average Bonchev–Trinajstić information content (AvgIpc) is 2.95. The van der Waals surface area contributed by atoms with Crippen LogP contribution in [0.4, 0.5) is 0 Å². The highest BCUT2D eigenvalue weighted by Gasteiger charge is 2.37. The second-order valence-electron chi connectivity index (χ2n) is 13.1. The summed E-state index contributed by atoms with van der Waals surface area (Å²) < 4.78 is 11.2. The van der Waals surface area contributed by atoms with E-state index in [2.05, 4.69) is 20.8 Å². The van der Waals surface area contributed by atoms with Gasteiger partial charge in [0.2, 0.25) is 0 Å². The molecule has 0 aromatic carbocycles. The van der Waals surface area contributed by atoms with Crippen molar-refractivity contribution in [3.05, 3.63) is 0 Å². The molecule has 2 atom stereocenters. The van der Waals surface area contributed by atoms with Gasteiger partial charge in [-0.1, -0.05) is 162 Å². The minimum absolute atomic E-state index is 0.173. The fourth-order valence-electron chi connectivity index (χ4n) is 6.09. The predicted molar refractivity (Wildman–Crippen MR) is 169 cm³/mol. The van der Waals surface area contributed by atoms with E-state index in [1.807, 2.05) is 0 Å². The fourth-order valence-corrected chi connectivity index (χ4v) is 6.09.